The number of hydrogen-bond donors (Lipinski definition) is 0. The number of aromatic nitrogens is 3. The molecule has 0 radical (unpaired) electrons. The van der Waals surface area contributed by atoms with Gasteiger partial charge in [0.15, 0.2) is 5.82 Å². The Hall–Kier alpha value is -3.00. The third-order valence-corrected chi connectivity index (χ3v) is 5.09. The van der Waals surface area contributed by atoms with Crippen LogP contribution in [0.15, 0.2) is 58.8 Å². The van der Waals surface area contributed by atoms with Crippen LogP contribution >= 0.6 is 11.8 Å². The molecule has 8 heteroatoms. The van der Waals surface area contributed by atoms with Crippen molar-refractivity contribution in [2.24, 2.45) is 5.10 Å². The molecule has 0 unspecified atom stereocenters. The summed E-state index contributed by atoms with van der Waals surface area (Å²) in [6.45, 7) is 2.90. The summed E-state index contributed by atoms with van der Waals surface area (Å²) in [6.07, 6.45) is 0. The van der Waals surface area contributed by atoms with E-state index in [2.05, 4.69) is 10.2 Å². The van der Waals surface area contributed by atoms with Gasteiger partial charge in [0.05, 0.1) is 19.4 Å². The molecule has 2 heterocycles. The lowest BCUT2D eigenvalue weighted by molar-refractivity contribution is 0.289. The first-order chi connectivity index (χ1) is 13.8. The predicted octanol–water partition coefficient (Wildman–Crippen LogP) is 3.62. The zero-order valence-corrected chi connectivity index (χ0v) is 16.5. The van der Waals surface area contributed by atoms with Gasteiger partial charge in [0.1, 0.15) is 23.9 Å². The second kappa shape index (κ2) is 8.35. The molecule has 0 aliphatic carbocycles. The van der Waals surface area contributed by atoms with Crippen LogP contribution in [-0.2, 0) is 6.61 Å². The summed E-state index contributed by atoms with van der Waals surface area (Å²) in [5.74, 6) is 3.77. The first-order valence-electron chi connectivity index (χ1n) is 8.92. The summed E-state index contributed by atoms with van der Waals surface area (Å²) in [6, 6.07) is 15.4. The van der Waals surface area contributed by atoms with Crippen molar-refractivity contribution in [1.29, 1.82) is 0 Å². The Morgan fingerprint density at radius 3 is 2.32 bits per heavy atom. The molecule has 0 atom stereocenters. The van der Waals surface area contributed by atoms with Gasteiger partial charge in [-0.25, -0.2) is 0 Å². The highest BCUT2D eigenvalue weighted by molar-refractivity contribution is 7.99. The zero-order chi connectivity index (χ0) is 19.3. The Balaban J connectivity index is 1.50. The zero-order valence-electron chi connectivity index (χ0n) is 15.7. The van der Waals surface area contributed by atoms with E-state index in [1.165, 1.54) is 0 Å². The van der Waals surface area contributed by atoms with Crippen molar-refractivity contribution < 1.29 is 14.2 Å². The number of thioether (sulfide) groups is 1. The SMILES string of the molecule is CCOc1ccc(C2=Nn3c(COc4ccc(OC)cc4)nnc3SC2)cc1. The number of nitrogens with zero attached hydrogens (tertiary/aromatic N) is 4. The largest absolute Gasteiger partial charge is 0.497 e. The second-order valence-electron chi connectivity index (χ2n) is 5.97. The van der Waals surface area contributed by atoms with Crippen molar-refractivity contribution in [1.82, 2.24) is 14.9 Å². The van der Waals surface area contributed by atoms with E-state index < -0.39 is 0 Å². The maximum atomic E-state index is 5.83. The average molecular weight is 396 g/mol. The number of hydrogen-bond acceptors (Lipinski definition) is 7. The van der Waals surface area contributed by atoms with Crippen molar-refractivity contribution in [2.45, 2.75) is 18.7 Å². The Bertz CT molecular complexity index is 968. The number of benzene rings is 2. The molecule has 1 aliphatic heterocycles. The molecule has 1 aliphatic rings. The summed E-state index contributed by atoms with van der Waals surface area (Å²) in [4.78, 5) is 0. The fourth-order valence-electron chi connectivity index (χ4n) is 2.73. The van der Waals surface area contributed by atoms with Gasteiger partial charge in [-0.3, -0.25) is 0 Å². The highest BCUT2D eigenvalue weighted by Crippen LogP contribution is 2.25. The van der Waals surface area contributed by atoms with Crippen LogP contribution in [0.1, 0.15) is 18.3 Å². The summed E-state index contributed by atoms with van der Waals surface area (Å²) >= 11 is 1.61. The number of ether oxygens (including phenoxy) is 3. The van der Waals surface area contributed by atoms with Crippen LogP contribution in [0.5, 0.6) is 17.2 Å². The van der Waals surface area contributed by atoms with Gasteiger partial charge >= 0.3 is 0 Å². The molecular formula is C20H20N4O3S. The van der Waals surface area contributed by atoms with Crippen molar-refractivity contribution in [3.05, 3.63) is 59.9 Å². The van der Waals surface area contributed by atoms with Gasteiger partial charge in [-0.1, -0.05) is 11.8 Å². The van der Waals surface area contributed by atoms with E-state index >= 15 is 0 Å². The minimum atomic E-state index is 0.278. The molecule has 0 spiro atoms. The van der Waals surface area contributed by atoms with Crippen molar-refractivity contribution in [2.75, 3.05) is 19.5 Å². The normalized spacial score (nSPS) is 12.9. The standard InChI is InChI=1S/C20H20N4O3S/c1-3-26-16-6-4-14(5-7-16)18-13-28-20-22-21-19(24(20)23-18)12-27-17-10-8-15(25-2)9-11-17/h4-11H,3,12-13H2,1-2H3. The van der Waals surface area contributed by atoms with Crippen molar-refractivity contribution >= 4 is 17.5 Å². The van der Waals surface area contributed by atoms with E-state index in [4.69, 9.17) is 19.3 Å². The van der Waals surface area contributed by atoms with Crippen molar-refractivity contribution in [3.63, 3.8) is 0 Å². The highest BCUT2D eigenvalue weighted by Gasteiger charge is 2.20. The average Bonchev–Trinajstić information content (AvgIpc) is 3.15. The first-order valence-corrected chi connectivity index (χ1v) is 9.90. The molecule has 0 saturated carbocycles. The third-order valence-electron chi connectivity index (χ3n) is 4.16. The van der Waals surface area contributed by atoms with Gasteiger partial charge in [0, 0.05) is 5.75 Å². The summed E-state index contributed by atoms with van der Waals surface area (Å²) in [5.41, 5.74) is 2.02. The molecular weight excluding hydrogens is 376 g/mol. The van der Waals surface area contributed by atoms with E-state index in [0.717, 1.165) is 39.4 Å². The van der Waals surface area contributed by atoms with Crippen LogP contribution < -0.4 is 14.2 Å². The molecule has 1 aromatic heterocycles. The minimum absolute atomic E-state index is 0.278. The van der Waals surface area contributed by atoms with Gasteiger partial charge in [-0.2, -0.15) is 9.78 Å². The van der Waals surface area contributed by atoms with E-state index in [9.17, 15) is 0 Å². The number of fused-ring (bicyclic) bond motifs is 1. The Morgan fingerprint density at radius 2 is 1.61 bits per heavy atom. The van der Waals surface area contributed by atoms with E-state index in [0.29, 0.717) is 12.4 Å². The Labute approximate surface area is 167 Å². The minimum Gasteiger partial charge on any atom is -0.497 e. The van der Waals surface area contributed by atoms with E-state index in [1.54, 1.807) is 23.5 Å². The topological polar surface area (TPSA) is 70.8 Å². The molecule has 4 rings (SSSR count). The highest BCUT2D eigenvalue weighted by atomic mass is 32.2. The first kappa shape index (κ1) is 18.4. The molecule has 0 fully saturated rings. The van der Waals surface area contributed by atoms with Gasteiger partial charge in [0.2, 0.25) is 5.16 Å². The number of rotatable bonds is 7. The van der Waals surface area contributed by atoms with Gasteiger partial charge < -0.3 is 14.2 Å². The smallest absolute Gasteiger partial charge is 0.212 e. The lowest BCUT2D eigenvalue weighted by Crippen LogP contribution is -2.15. The predicted molar refractivity (Wildman–Crippen MR) is 108 cm³/mol. The van der Waals surface area contributed by atoms with Crippen LogP contribution in [0.3, 0.4) is 0 Å². The fourth-order valence-corrected chi connectivity index (χ4v) is 3.59. The Morgan fingerprint density at radius 1 is 0.929 bits per heavy atom. The molecule has 2 aromatic carbocycles. The summed E-state index contributed by atoms with van der Waals surface area (Å²) in [7, 11) is 1.63. The lowest BCUT2D eigenvalue weighted by atomic mass is 10.1. The molecule has 28 heavy (non-hydrogen) atoms. The molecule has 144 valence electrons. The fraction of sp³-hybridized carbons (Fsp3) is 0.250. The molecule has 7 nitrogen and oxygen atoms in total. The molecule has 3 aromatic rings. The van der Waals surface area contributed by atoms with Gasteiger partial charge in [0.25, 0.3) is 0 Å². The summed E-state index contributed by atoms with van der Waals surface area (Å²) in [5, 5.41) is 13.9. The molecule has 0 bridgehead atoms. The Kier molecular flexibility index (Phi) is 5.48. The molecule has 0 amide bonds. The van der Waals surface area contributed by atoms with Crippen molar-refractivity contribution in [3.8, 4) is 17.2 Å². The maximum Gasteiger partial charge on any atom is 0.212 e. The summed E-state index contributed by atoms with van der Waals surface area (Å²) < 4.78 is 18.2. The van der Waals surface area contributed by atoms with Gasteiger partial charge in [-0.15, -0.1) is 10.2 Å². The quantitative estimate of drug-likeness (QED) is 0.607. The van der Waals surface area contributed by atoms with Crippen LogP contribution in [0.4, 0.5) is 0 Å². The maximum absolute atomic E-state index is 5.83. The van der Waals surface area contributed by atoms with Crippen LogP contribution in [0.2, 0.25) is 0 Å². The third kappa shape index (κ3) is 3.96. The van der Waals surface area contributed by atoms with Crippen LogP contribution in [0, 0.1) is 0 Å². The van der Waals surface area contributed by atoms with E-state index in [-0.39, 0.29) is 6.61 Å². The monoisotopic (exact) mass is 396 g/mol. The lowest BCUT2D eigenvalue weighted by Gasteiger charge is -2.14. The van der Waals surface area contributed by atoms with Crippen LogP contribution in [-0.4, -0.2) is 40.1 Å². The molecule has 0 saturated heterocycles. The van der Waals surface area contributed by atoms with E-state index in [1.807, 2.05) is 55.5 Å². The second-order valence-corrected chi connectivity index (χ2v) is 6.91. The van der Waals surface area contributed by atoms with Gasteiger partial charge in [-0.05, 0) is 61.0 Å². The van der Waals surface area contributed by atoms with Crippen LogP contribution in [0.25, 0.3) is 0 Å². The number of methoxy groups -OCH3 is 1. The molecule has 0 N–H and O–H groups in total.